The van der Waals surface area contributed by atoms with Crippen molar-refractivity contribution in [3.8, 4) is 0 Å². The number of hydrogen-bond acceptors (Lipinski definition) is 5. The number of carbonyl (C=O) groups is 3. The van der Waals surface area contributed by atoms with Crippen LogP contribution in [0.3, 0.4) is 0 Å². The molecule has 5 atom stereocenters. The lowest BCUT2D eigenvalue weighted by molar-refractivity contribution is -0.150. The van der Waals surface area contributed by atoms with Gasteiger partial charge in [-0.1, -0.05) is 50.1 Å². The van der Waals surface area contributed by atoms with Crippen LogP contribution in [0, 0.1) is 25.7 Å². The molecule has 3 aliphatic heterocycles. The van der Waals surface area contributed by atoms with E-state index < -0.39 is 29.1 Å². The summed E-state index contributed by atoms with van der Waals surface area (Å²) in [5, 5.41) is 9.21. The van der Waals surface area contributed by atoms with E-state index in [0.29, 0.717) is 51.7 Å². The normalized spacial score (nSPS) is 28.1. The lowest BCUT2D eigenvalue weighted by atomic mass is 9.64. The molecule has 8 heteroatoms. The summed E-state index contributed by atoms with van der Waals surface area (Å²) in [6, 6.07) is 5.10. The molecule has 8 nitrogen and oxygen atoms in total. The highest BCUT2D eigenvalue weighted by atomic mass is 16.5. The first-order chi connectivity index (χ1) is 19.6. The fourth-order valence-electron chi connectivity index (χ4n) is 7.68. The van der Waals surface area contributed by atoms with E-state index >= 15 is 0 Å². The van der Waals surface area contributed by atoms with Crippen LogP contribution in [-0.2, 0) is 19.1 Å². The highest BCUT2D eigenvalue weighted by molar-refractivity contribution is 6.05. The number of anilines is 1. The minimum Gasteiger partial charge on any atom is -0.396 e. The molecule has 3 saturated heterocycles. The number of nitrogens with zero attached hydrogens (tertiary/aromatic N) is 3. The van der Waals surface area contributed by atoms with E-state index in [2.05, 4.69) is 13.2 Å². The van der Waals surface area contributed by atoms with Gasteiger partial charge in [-0.3, -0.25) is 14.4 Å². The molecule has 4 rings (SSSR count). The number of carbonyl (C=O) groups excluding carboxylic acids is 3. The molecule has 1 N–H and O–H groups in total. The lowest BCUT2D eigenvalue weighted by Gasteiger charge is -2.37. The number of fused-ring (bicyclic) bond motifs is 1. The minimum atomic E-state index is -1.07. The minimum absolute atomic E-state index is 0.125. The van der Waals surface area contributed by atoms with Gasteiger partial charge in [-0.25, -0.2) is 0 Å². The zero-order valence-electron chi connectivity index (χ0n) is 25.2. The Kier molecular flexibility index (Phi) is 9.44. The van der Waals surface area contributed by atoms with Crippen molar-refractivity contribution in [1.82, 2.24) is 9.80 Å². The second kappa shape index (κ2) is 12.5. The zero-order valence-corrected chi connectivity index (χ0v) is 25.2. The Morgan fingerprint density at radius 1 is 1.07 bits per heavy atom. The van der Waals surface area contributed by atoms with Gasteiger partial charge in [0.05, 0.1) is 17.4 Å². The van der Waals surface area contributed by atoms with Crippen LogP contribution >= 0.6 is 0 Å². The summed E-state index contributed by atoms with van der Waals surface area (Å²) in [6.07, 6.45) is 8.26. The number of para-hydroxylation sites is 1. The Hall–Kier alpha value is -2.97. The molecule has 1 spiro atoms. The number of aliphatic hydroxyl groups excluding tert-OH is 1. The predicted octanol–water partition coefficient (Wildman–Crippen LogP) is 4.17. The van der Waals surface area contributed by atoms with Crippen molar-refractivity contribution in [2.45, 2.75) is 83.0 Å². The summed E-state index contributed by atoms with van der Waals surface area (Å²) in [5.41, 5.74) is 0.912. The average molecular weight is 566 g/mol. The van der Waals surface area contributed by atoms with Crippen molar-refractivity contribution in [2.24, 2.45) is 11.8 Å². The molecule has 2 unspecified atom stereocenters. The molecule has 0 aromatic heterocycles. The van der Waals surface area contributed by atoms with E-state index in [1.54, 1.807) is 33.9 Å². The maximum absolute atomic E-state index is 14.8. The number of aryl methyl sites for hydroxylation is 2. The van der Waals surface area contributed by atoms with Gasteiger partial charge in [-0.2, -0.15) is 0 Å². The molecule has 0 saturated carbocycles. The maximum Gasteiger partial charge on any atom is 0.253 e. The van der Waals surface area contributed by atoms with Crippen molar-refractivity contribution >= 4 is 23.4 Å². The van der Waals surface area contributed by atoms with E-state index in [1.165, 1.54) is 0 Å². The van der Waals surface area contributed by atoms with E-state index in [4.69, 9.17) is 4.74 Å². The van der Waals surface area contributed by atoms with Crippen LogP contribution < -0.4 is 4.90 Å². The number of hydrogen-bond donors (Lipinski definition) is 1. The lowest BCUT2D eigenvalue weighted by Crippen LogP contribution is -2.57. The van der Waals surface area contributed by atoms with Crippen molar-refractivity contribution in [1.29, 1.82) is 0 Å². The van der Waals surface area contributed by atoms with Gasteiger partial charge in [0.25, 0.3) is 5.91 Å². The Morgan fingerprint density at radius 2 is 1.73 bits per heavy atom. The first-order valence-corrected chi connectivity index (χ1v) is 15.1. The number of likely N-dealkylation sites (N-methyl/N-ethyl adjacent to an activating group) is 1. The molecule has 0 radical (unpaired) electrons. The van der Waals surface area contributed by atoms with E-state index in [9.17, 15) is 19.5 Å². The molecule has 0 aliphatic carbocycles. The first-order valence-electron chi connectivity index (χ1n) is 15.1. The second-order valence-corrected chi connectivity index (χ2v) is 12.0. The molecule has 1 aromatic carbocycles. The molecule has 3 amide bonds. The fraction of sp³-hybridized carbons (Fsp3) is 0.606. The van der Waals surface area contributed by atoms with Gasteiger partial charge in [0.1, 0.15) is 11.6 Å². The highest BCUT2D eigenvalue weighted by Crippen LogP contribution is 2.64. The molecule has 3 aliphatic rings. The third-order valence-corrected chi connectivity index (χ3v) is 9.55. The number of aliphatic hydroxyl groups is 1. The monoisotopic (exact) mass is 565 g/mol. The number of amides is 3. The van der Waals surface area contributed by atoms with Crippen molar-refractivity contribution in [2.75, 3.05) is 38.2 Å². The number of ether oxygens (including phenoxy) is 1. The molecule has 3 fully saturated rings. The fourth-order valence-corrected chi connectivity index (χ4v) is 7.68. The van der Waals surface area contributed by atoms with Gasteiger partial charge >= 0.3 is 0 Å². The number of benzene rings is 1. The Morgan fingerprint density at radius 3 is 2.34 bits per heavy atom. The Balaban J connectivity index is 1.80. The van der Waals surface area contributed by atoms with Gasteiger partial charge in [0, 0.05) is 39.0 Å². The quantitative estimate of drug-likeness (QED) is 0.270. The summed E-state index contributed by atoms with van der Waals surface area (Å²) in [6.45, 7) is 14.9. The van der Waals surface area contributed by atoms with Gasteiger partial charge in [0.2, 0.25) is 11.8 Å². The third-order valence-electron chi connectivity index (χ3n) is 9.55. The summed E-state index contributed by atoms with van der Waals surface area (Å²) in [5.74, 6) is -1.84. The van der Waals surface area contributed by atoms with Crippen LogP contribution in [0.2, 0.25) is 0 Å². The van der Waals surface area contributed by atoms with Crippen LogP contribution in [0.25, 0.3) is 0 Å². The maximum atomic E-state index is 14.8. The molecule has 3 heterocycles. The van der Waals surface area contributed by atoms with Gasteiger partial charge in [-0.05, 0) is 57.1 Å². The molecule has 2 bridgehead atoms. The smallest absolute Gasteiger partial charge is 0.253 e. The van der Waals surface area contributed by atoms with E-state index in [-0.39, 0.29) is 24.3 Å². The topological polar surface area (TPSA) is 90.4 Å². The molecular weight excluding hydrogens is 518 g/mol. The largest absolute Gasteiger partial charge is 0.396 e. The third kappa shape index (κ3) is 5.14. The van der Waals surface area contributed by atoms with Crippen LogP contribution in [-0.4, -0.2) is 83.2 Å². The zero-order chi connectivity index (χ0) is 29.9. The molecule has 1 aromatic rings. The van der Waals surface area contributed by atoms with Gasteiger partial charge < -0.3 is 24.5 Å². The van der Waals surface area contributed by atoms with Crippen LogP contribution in [0.5, 0.6) is 0 Å². The SMILES string of the molecule is C=CCN(C)C(=O)[C@@H]1[C@H]2C(=O)N(CCCCCCO)C(C(=O)N(CC=C)c3c(C)cccc3C)C23CC[C@@]1(CC)O3. The predicted molar refractivity (Wildman–Crippen MR) is 160 cm³/mol. The number of unbranched alkanes of at least 4 members (excludes halogenated alkanes) is 3. The summed E-state index contributed by atoms with van der Waals surface area (Å²) in [7, 11) is 1.74. The number of rotatable bonds is 14. The van der Waals surface area contributed by atoms with Crippen molar-refractivity contribution < 1.29 is 24.2 Å². The highest BCUT2D eigenvalue weighted by Gasteiger charge is 2.79. The first kappa shape index (κ1) is 31.0. The van der Waals surface area contributed by atoms with Gasteiger partial charge in [-0.15, -0.1) is 13.2 Å². The van der Waals surface area contributed by atoms with Crippen molar-refractivity contribution in [3.05, 3.63) is 54.6 Å². The molecule has 41 heavy (non-hydrogen) atoms. The molecular formula is C33H47N3O5. The Labute approximate surface area is 245 Å². The second-order valence-electron chi connectivity index (χ2n) is 12.0. The Bertz CT molecular complexity index is 1160. The standard InChI is InChI=1S/C33H47N3O5/c1-7-19-34(6)29(38)25-26-30(39)36(21-12-10-11-13-22-37)28(33(26)18-17-32(25,9-3)41-33)31(40)35(20-8-2)27-23(4)15-14-16-24(27)5/h7-8,14-16,25-26,28,37H,1-2,9-13,17-22H2,3-6H3/t25-,26-,28?,32+,33?/m0/s1. The van der Waals surface area contributed by atoms with Crippen molar-refractivity contribution in [3.63, 3.8) is 0 Å². The van der Waals surface area contributed by atoms with Crippen LogP contribution in [0.1, 0.15) is 63.0 Å². The summed E-state index contributed by atoms with van der Waals surface area (Å²) >= 11 is 0. The average Bonchev–Trinajstić information content (AvgIpc) is 3.55. The van der Waals surface area contributed by atoms with E-state index in [1.807, 2.05) is 39.0 Å². The van der Waals surface area contributed by atoms with E-state index in [0.717, 1.165) is 29.7 Å². The molecule has 224 valence electrons. The summed E-state index contributed by atoms with van der Waals surface area (Å²) < 4.78 is 6.94. The van der Waals surface area contributed by atoms with Crippen LogP contribution in [0.4, 0.5) is 5.69 Å². The number of likely N-dealkylation sites (tertiary alicyclic amines) is 1. The van der Waals surface area contributed by atoms with Crippen LogP contribution in [0.15, 0.2) is 43.5 Å². The summed E-state index contributed by atoms with van der Waals surface area (Å²) in [4.78, 5) is 48.3. The van der Waals surface area contributed by atoms with Gasteiger partial charge in [0.15, 0.2) is 0 Å².